The van der Waals surface area contributed by atoms with Gasteiger partial charge in [-0.3, -0.25) is 24.0 Å². The van der Waals surface area contributed by atoms with E-state index in [0.717, 1.165) is 6.92 Å². The van der Waals surface area contributed by atoms with Crippen LogP contribution in [0.3, 0.4) is 0 Å². The largest absolute Gasteiger partial charge is 0.477 e. The van der Waals surface area contributed by atoms with Gasteiger partial charge in [-0.1, -0.05) is 61.5 Å². The molecule has 3 aliphatic rings. The van der Waals surface area contributed by atoms with Crippen molar-refractivity contribution in [1.82, 2.24) is 41.6 Å². The van der Waals surface area contributed by atoms with E-state index in [1.54, 1.807) is 62.4 Å². The van der Waals surface area contributed by atoms with Gasteiger partial charge in [-0.2, -0.15) is 0 Å². The number of aromatic nitrogens is 3. The van der Waals surface area contributed by atoms with Crippen LogP contribution in [0.4, 0.5) is 10.5 Å². The number of amides is 7. The van der Waals surface area contributed by atoms with Crippen LogP contribution in [-0.2, 0) is 88.8 Å². The average molecular weight is 1140 g/mol. The third-order valence-corrected chi connectivity index (χ3v) is 13.2. The van der Waals surface area contributed by atoms with E-state index in [2.05, 4.69) is 36.9 Å². The van der Waals surface area contributed by atoms with Crippen LogP contribution in [0.25, 0.3) is 22.5 Å². The van der Waals surface area contributed by atoms with E-state index >= 15 is 0 Å². The van der Waals surface area contributed by atoms with Crippen molar-refractivity contribution in [3.8, 4) is 22.5 Å². The zero-order valence-electron chi connectivity index (χ0n) is 42.3. The van der Waals surface area contributed by atoms with Gasteiger partial charge in [0.05, 0.1) is 49.3 Å². The Bertz CT molecular complexity index is 2560. The second kappa shape index (κ2) is 27.1. The summed E-state index contributed by atoms with van der Waals surface area (Å²) in [7, 11) is 1.41. The minimum absolute atomic E-state index is 0. The summed E-state index contributed by atoms with van der Waals surface area (Å²) >= 11 is 0. The number of ether oxygens (including phenoxy) is 3. The fourth-order valence-electron chi connectivity index (χ4n) is 9.26. The summed E-state index contributed by atoms with van der Waals surface area (Å²) in [4.78, 5) is 91.7. The maximum Gasteiger partial charge on any atom is 0.364 e. The van der Waals surface area contributed by atoms with Crippen molar-refractivity contribution < 1.29 is 116 Å². The molecule has 28 heteroatoms. The number of aliphatic hydroxyl groups is 6. The number of nitrogens with one attached hydrogen (secondary N) is 5. The van der Waals surface area contributed by atoms with Crippen LogP contribution in [0.1, 0.15) is 64.9 Å². The van der Waals surface area contributed by atoms with E-state index in [4.69, 9.17) is 19.9 Å². The topological polar surface area (TPSA) is 409 Å². The SMILES string of the molecule is CNC(=O)C(CCCNC(N)=O)NC(=O)C(NC(=O)CCC(=O)N1Cc2ccccc2-c2c(nnn2CC(O)C(O)C2OC(OCC3OC(O)CC(O)C3O)(C(=O)O)CC(O)C2NC(C)=O)-c2ccccc21)C(C)C.[Y]. The molecule has 2 fully saturated rings. The van der Waals surface area contributed by atoms with E-state index in [1.807, 2.05) is 0 Å². The van der Waals surface area contributed by atoms with E-state index in [9.17, 15) is 69.3 Å². The van der Waals surface area contributed by atoms with Gasteiger partial charge in [-0.05, 0) is 30.4 Å². The summed E-state index contributed by atoms with van der Waals surface area (Å²) in [5.74, 6) is -7.92. The molecule has 0 spiro atoms. The van der Waals surface area contributed by atoms with Crippen LogP contribution >= 0.6 is 0 Å². The van der Waals surface area contributed by atoms with Crippen LogP contribution in [-0.4, -0.2) is 185 Å². The molecule has 3 aromatic rings. The van der Waals surface area contributed by atoms with Crippen molar-refractivity contribution in [3.63, 3.8) is 0 Å². The predicted molar refractivity (Wildman–Crippen MR) is 260 cm³/mol. The molecule has 3 aliphatic heterocycles. The third kappa shape index (κ3) is 14.7. The number of rotatable bonds is 21. The number of carbonyl (C=O) groups excluding carboxylic acids is 6. The van der Waals surface area contributed by atoms with Crippen LogP contribution < -0.4 is 37.2 Å². The number of nitrogens with zero attached hydrogens (tertiary/aromatic N) is 4. The Morgan fingerprint density at radius 2 is 1.62 bits per heavy atom. The zero-order valence-corrected chi connectivity index (χ0v) is 45.1. The molecule has 0 aliphatic carbocycles. The number of anilines is 1. The molecule has 14 N–H and O–H groups in total. The standard InChI is InChI=1S/C48H66N10O17.Y/c1-23(2)37(45(69)53-28(44(68)50-4)13-9-17-51-47(49)72)54-34(63)15-16-35(64)57-20-25-10-5-6-11-26(25)40-38(27-12-7-8-14-29(27)57)55-56-58(40)21-32(62)42(67)43-39(52-24(3)59)31(61)19-48(75-43,46(70)71)73-22-33-41(66)30(60)18-36(65)74-33;/h5-8,10-12,14,23,28,30-33,36-37,39,41-43,60-62,65-67H,9,13,15-22H2,1-4H3,(H,50,68)(H,52,59)(H,53,69)(H,54,63)(H,70,71)(H3,49,51,72);. The van der Waals surface area contributed by atoms with Crippen molar-refractivity contribution >= 4 is 47.2 Å². The van der Waals surface area contributed by atoms with Gasteiger partial charge in [0, 0.05) is 90.0 Å². The minimum Gasteiger partial charge on any atom is -0.477 e. The van der Waals surface area contributed by atoms with Crippen molar-refractivity contribution in [2.75, 3.05) is 25.1 Å². The Morgan fingerprint density at radius 1 is 0.934 bits per heavy atom. The van der Waals surface area contributed by atoms with Crippen molar-refractivity contribution in [3.05, 3.63) is 54.1 Å². The molecule has 76 heavy (non-hydrogen) atoms. The first-order valence-electron chi connectivity index (χ1n) is 24.4. The number of hydrogen-bond donors (Lipinski definition) is 13. The first-order valence-corrected chi connectivity index (χ1v) is 24.4. The number of carboxylic acid groups (broad SMARTS) is 1. The Hall–Kier alpha value is -5.59. The molecule has 2 aromatic carbocycles. The Labute approximate surface area is 461 Å². The first-order chi connectivity index (χ1) is 35.5. The number of urea groups is 1. The van der Waals surface area contributed by atoms with Crippen molar-refractivity contribution in [1.29, 1.82) is 0 Å². The fourth-order valence-corrected chi connectivity index (χ4v) is 9.26. The predicted octanol–water partition coefficient (Wildman–Crippen LogP) is -2.94. The van der Waals surface area contributed by atoms with Crippen LogP contribution in [0.2, 0.25) is 0 Å². The molecule has 7 amide bonds. The Morgan fingerprint density at radius 3 is 2.28 bits per heavy atom. The molecule has 27 nitrogen and oxygen atoms in total. The summed E-state index contributed by atoms with van der Waals surface area (Å²) in [6, 6.07) is 9.35. The van der Waals surface area contributed by atoms with Gasteiger partial charge in [-0.25, -0.2) is 14.3 Å². The number of hydrogen-bond acceptors (Lipinski definition) is 18. The van der Waals surface area contributed by atoms with Gasteiger partial charge >= 0.3 is 12.0 Å². The van der Waals surface area contributed by atoms with E-state index in [1.165, 1.54) is 16.6 Å². The number of likely N-dealkylation sites (N-methyl/N-ethyl adjacent to an activating group) is 1. The summed E-state index contributed by atoms with van der Waals surface area (Å²) < 4.78 is 18.0. The van der Waals surface area contributed by atoms with Gasteiger partial charge < -0.3 is 87.2 Å². The smallest absolute Gasteiger partial charge is 0.364 e. The number of benzene rings is 2. The van der Waals surface area contributed by atoms with Crippen LogP contribution in [0.5, 0.6) is 0 Å². The fraction of sp³-hybridized carbons (Fsp3) is 0.562. The van der Waals surface area contributed by atoms with E-state index in [0.29, 0.717) is 34.5 Å². The first kappa shape index (κ1) is 61.3. The molecule has 1 aromatic heterocycles. The summed E-state index contributed by atoms with van der Waals surface area (Å²) in [6.07, 6.45) is -15.0. The molecule has 12 atom stereocenters. The molecule has 12 unspecified atom stereocenters. The Kier molecular flexibility index (Phi) is 21.9. The molecule has 413 valence electrons. The quantitative estimate of drug-likeness (QED) is 0.0475. The van der Waals surface area contributed by atoms with E-state index < -0.39 is 140 Å². The van der Waals surface area contributed by atoms with Gasteiger partial charge in [-0.15, -0.1) is 5.10 Å². The minimum atomic E-state index is -2.78. The maximum absolute atomic E-state index is 14.3. The molecule has 0 saturated carbocycles. The number of aliphatic carboxylic acids is 1. The molecular formula is C48H66N10O17Y. The number of nitrogens with two attached hydrogens (primary N) is 1. The monoisotopic (exact) mass is 1140 g/mol. The molecule has 0 bridgehead atoms. The normalized spacial score (nSPS) is 24.5. The van der Waals surface area contributed by atoms with Crippen molar-refractivity contribution in [2.45, 2.75) is 145 Å². The summed E-state index contributed by atoms with van der Waals surface area (Å²) in [5.41, 5.74) is 7.53. The zero-order chi connectivity index (χ0) is 54.9. The van der Waals surface area contributed by atoms with Crippen LogP contribution in [0, 0.1) is 5.92 Å². The summed E-state index contributed by atoms with van der Waals surface area (Å²) in [6.45, 7) is 3.30. The average Bonchev–Trinajstić information content (AvgIpc) is 3.77. The van der Waals surface area contributed by atoms with Gasteiger partial charge in [0.1, 0.15) is 48.3 Å². The number of aliphatic hydroxyl groups excluding tert-OH is 6. The van der Waals surface area contributed by atoms with Crippen LogP contribution in [0.15, 0.2) is 48.5 Å². The number of primary amides is 1. The van der Waals surface area contributed by atoms with Gasteiger partial charge in [0.15, 0.2) is 6.29 Å². The molecule has 1 radical (unpaired) electrons. The molecule has 2 saturated heterocycles. The maximum atomic E-state index is 14.3. The number of fused-ring (bicyclic) bond motifs is 5. The number of carboxylic acids is 1. The van der Waals surface area contributed by atoms with E-state index in [-0.39, 0.29) is 77.2 Å². The second-order valence-electron chi connectivity index (χ2n) is 19.0. The number of para-hydroxylation sites is 1. The molecule has 4 heterocycles. The van der Waals surface area contributed by atoms with Gasteiger partial charge in [0.25, 0.3) is 5.79 Å². The third-order valence-electron chi connectivity index (χ3n) is 13.2. The molecular weight excluding hydrogens is 1080 g/mol. The summed E-state index contributed by atoms with van der Waals surface area (Å²) in [5, 5.41) is 97.5. The van der Waals surface area contributed by atoms with Crippen molar-refractivity contribution in [2.24, 2.45) is 11.7 Å². The van der Waals surface area contributed by atoms with Gasteiger partial charge in [0.2, 0.25) is 29.5 Å². The second-order valence-corrected chi connectivity index (χ2v) is 19.0. The molecule has 6 rings (SSSR count). The Balaban J connectivity index is 0.0000107. The number of carbonyl (C=O) groups is 7.